The molecule has 96 valence electrons. The third kappa shape index (κ3) is 3.00. The van der Waals surface area contributed by atoms with Gasteiger partial charge in [-0.15, -0.1) is 0 Å². The maximum Gasteiger partial charge on any atom is 0.221 e. The van der Waals surface area contributed by atoms with Crippen molar-refractivity contribution >= 4 is 22.7 Å². The van der Waals surface area contributed by atoms with Crippen molar-refractivity contribution in [3.05, 3.63) is 24.3 Å². The molecule has 0 unspecified atom stereocenters. The van der Waals surface area contributed by atoms with Crippen molar-refractivity contribution in [3.63, 3.8) is 0 Å². The molecule has 0 aliphatic heterocycles. The molecule has 0 aliphatic carbocycles. The summed E-state index contributed by atoms with van der Waals surface area (Å²) in [6.45, 7) is 4.42. The second-order valence-electron chi connectivity index (χ2n) is 4.43. The first kappa shape index (κ1) is 12.4. The van der Waals surface area contributed by atoms with Gasteiger partial charge in [-0.3, -0.25) is 4.79 Å². The van der Waals surface area contributed by atoms with Gasteiger partial charge in [-0.2, -0.15) is 0 Å². The van der Waals surface area contributed by atoms with E-state index in [0.29, 0.717) is 18.8 Å². The van der Waals surface area contributed by atoms with E-state index < -0.39 is 0 Å². The maximum atomic E-state index is 11.5. The SMILES string of the molecule is CC(C)NC(=O)CCNc1noc2ccccc12. The number of benzene rings is 1. The molecule has 1 heterocycles. The summed E-state index contributed by atoms with van der Waals surface area (Å²) in [4.78, 5) is 11.5. The number of carbonyl (C=O) groups is 1. The molecule has 1 amide bonds. The lowest BCUT2D eigenvalue weighted by Crippen LogP contribution is -2.31. The molecule has 0 fully saturated rings. The van der Waals surface area contributed by atoms with Crippen LogP contribution in [0.1, 0.15) is 20.3 Å². The number of amides is 1. The third-order valence-corrected chi connectivity index (χ3v) is 2.47. The van der Waals surface area contributed by atoms with Crippen LogP contribution in [0.2, 0.25) is 0 Å². The van der Waals surface area contributed by atoms with Crippen LogP contribution in [0.4, 0.5) is 5.82 Å². The molecule has 0 bridgehead atoms. The molecular formula is C13H17N3O2. The van der Waals surface area contributed by atoms with Gasteiger partial charge in [0.1, 0.15) is 0 Å². The van der Waals surface area contributed by atoms with E-state index >= 15 is 0 Å². The molecule has 1 aromatic carbocycles. The summed E-state index contributed by atoms with van der Waals surface area (Å²) < 4.78 is 5.16. The Kier molecular flexibility index (Phi) is 3.82. The fourth-order valence-electron chi connectivity index (χ4n) is 1.70. The van der Waals surface area contributed by atoms with E-state index in [2.05, 4.69) is 15.8 Å². The zero-order chi connectivity index (χ0) is 13.0. The number of fused-ring (bicyclic) bond motifs is 1. The molecule has 0 saturated heterocycles. The van der Waals surface area contributed by atoms with Gasteiger partial charge in [-0.05, 0) is 26.0 Å². The van der Waals surface area contributed by atoms with Gasteiger partial charge < -0.3 is 15.2 Å². The number of aromatic nitrogens is 1. The fourth-order valence-corrected chi connectivity index (χ4v) is 1.70. The van der Waals surface area contributed by atoms with E-state index in [4.69, 9.17) is 4.52 Å². The molecule has 0 atom stereocenters. The minimum absolute atomic E-state index is 0.0327. The second-order valence-corrected chi connectivity index (χ2v) is 4.43. The number of carbonyl (C=O) groups excluding carboxylic acids is 1. The van der Waals surface area contributed by atoms with Crippen LogP contribution in [0.5, 0.6) is 0 Å². The third-order valence-electron chi connectivity index (χ3n) is 2.47. The Morgan fingerprint density at radius 1 is 1.39 bits per heavy atom. The Labute approximate surface area is 106 Å². The van der Waals surface area contributed by atoms with Gasteiger partial charge in [0.25, 0.3) is 0 Å². The topological polar surface area (TPSA) is 67.2 Å². The lowest BCUT2D eigenvalue weighted by molar-refractivity contribution is -0.121. The highest BCUT2D eigenvalue weighted by Gasteiger charge is 2.07. The number of hydrogen-bond acceptors (Lipinski definition) is 4. The van der Waals surface area contributed by atoms with Crippen molar-refractivity contribution in [2.24, 2.45) is 0 Å². The number of nitrogens with one attached hydrogen (secondary N) is 2. The second kappa shape index (κ2) is 5.53. The largest absolute Gasteiger partial charge is 0.366 e. The summed E-state index contributed by atoms with van der Waals surface area (Å²) in [5.74, 6) is 0.716. The Hall–Kier alpha value is -2.04. The van der Waals surface area contributed by atoms with Crippen LogP contribution in [0.15, 0.2) is 28.8 Å². The molecule has 5 nitrogen and oxygen atoms in total. The molecule has 0 radical (unpaired) electrons. The van der Waals surface area contributed by atoms with Crippen molar-refractivity contribution < 1.29 is 9.32 Å². The number of para-hydroxylation sites is 1. The first-order valence-electron chi connectivity index (χ1n) is 6.04. The van der Waals surface area contributed by atoms with Crippen molar-refractivity contribution in [2.75, 3.05) is 11.9 Å². The zero-order valence-corrected chi connectivity index (χ0v) is 10.6. The Morgan fingerprint density at radius 2 is 2.17 bits per heavy atom. The average Bonchev–Trinajstić information content (AvgIpc) is 2.72. The van der Waals surface area contributed by atoms with Crippen LogP contribution >= 0.6 is 0 Å². The van der Waals surface area contributed by atoms with Crippen molar-refractivity contribution in [3.8, 4) is 0 Å². The van der Waals surface area contributed by atoms with Gasteiger partial charge in [-0.1, -0.05) is 17.3 Å². The first-order chi connectivity index (χ1) is 8.66. The Bertz CT molecular complexity index is 534. The monoisotopic (exact) mass is 247 g/mol. The first-order valence-corrected chi connectivity index (χ1v) is 6.04. The van der Waals surface area contributed by atoms with E-state index in [-0.39, 0.29) is 11.9 Å². The van der Waals surface area contributed by atoms with E-state index in [9.17, 15) is 4.79 Å². The number of nitrogens with zero attached hydrogens (tertiary/aromatic N) is 1. The van der Waals surface area contributed by atoms with Gasteiger partial charge in [-0.25, -0.2) is 0 Å². The van der Waals surface area contributed by atoms with Crippen molar-refractivity contribution in [2.45, 2.75) is 26.3 Å². The lowest BCUT2D eigenvalue weighted by Gasteiger charge is -2.08. The highest BCUT2D eigenvalue weighted by molar-refractivity contribution is 5.88. The predicted octanol–water partition coefficient (Wildman–Crippen LogP) is 2.15. The minimum Gasteiger partial charge on any atom is -0.366 e. The standard InChI is InChI=1S/C13H17N3O2/c1-9(2)15-12(17)7-8-14-13-10-5-3-4-6-11(10)18-16-13/h3-6,9H,7-8H2,1-2H3,(H,14,16)(H,15,17). The van der Waals surface area contributed by atoms with Crippen molar-refractivity contribution in [1.29, 1.82) is 0 Å². The summed E-state index contributed by atoms with van der Waals surface area (Å²) >= 11 is 0. The van der Waals surface area contributed by atoms with E-state index in [1.807, 2.05) is 38.1 Å². The quantitative estimate of drug-likeness (QED) is 0.849. The zero-order valence-electron chi connectivity index (χ0n) is 10.6. The van der Waals surface area contributed by atoms with Gasteiger partial charge in [0.2, 0.25) is 5.91 Å². The smallest absolute Gasteiger partial charge is 0.221 e. The Balaban J connectivity index is 1.89. The van der Waals surface area contributed by atoms with Gasteiger partial charge >= 0.3 is 0 Å². The molecule has 2 rings (SSSR count). The molecule has 2 N–H and O–H groups in total. The summed E-state index contributed by atoms with van der Waals surface area (Å²) in [6, 6.07) is 7.79. The fraction of sp³-hybridized carbons (Fsp3) is 0.385. The molecule has 1 aromatic heterocycles. The van der Waals surface area contributed by atoms with E-state index in [0.717, 1.165) is 11.0 Å². The van der Waals surface area contributed by atoms with Crippen LogP contribution in [0, 0.1) is 0 Å². The number of rotatable bonds is 5. The van der Waals surface area contributed by atoms with E-state index in [1.165, 1.54) is 0 Å². The summed E-state index contributed by atoms with van der Waals surface area (Å²) in [5, 5.41) is 10.8. The van der Waals surface area contributed by atoms with Crippen LogP contribution in [0.25, 0.3) is 11.0 Å². The highest BCUT2D eigenvalue weighted by atomic mass is 16.5. The molecule has 0 aliphatic rings. The van der Waals surface area contributed by atoms with Gasteiger partial charge in [0, 0.05) is 19.0 Å². The van der Waals surface area contributed by atoms with Crippen LogP contribution < -0.4 is 10.6 Å². The lowest BCUT2D eigenvalue weighted by atomic mass is 10.2. The maximum absolute atomic E-state index is 11.5. The van der Waals surface area contributed by atoms with E-state index in [1.54, 1.807) is 0 Å². The Morgan fingerprint density at radius 3 is 2.94 bits per heavy atom. The predicted molar refractivity (Wildman–Crippen MR) is 70.4 cm³/mol. The van der Waals surface area contributed by atoms with Crippen LogP contribution in [0.3, 0.4) is 0 Å². The normalized spacial score (nSPS) is 10.8. The van der Waals surface area contributed by atoms with Crippen LogP contribution in [-0.4, -0.2) is 23.7 Å². The number of anilines is 1. The van der Waals surface area contributed by atoms with Gasteiger partial charge in [0.05, 0.1) is 5.39 Å². The van der Waals surface area contributed by atoms with Gasteiger partial charge in [0.15, 0.2) is 11.4 Å². The number of hydrogen-bond donors (Lipinski definition) is 2. The molecular weight excluding hydrogens is 230 g/mol. The molecule has 5 heteroatoms. The van der Waals surface area contributed by atoms with Crippen LogP contribution in [-0.2, 0) is 4.79 Å². The summed E-state index contributed by atoms with van der Waals surface area (Å²) in [5.41, 5.74) is 0.742. The summed E-state index contributed by atoms with van der Waals surface area (Å²) in [7, 11) is 0. The molecule has 18 heavy (non-hydrogen) atoms. The molecule has 0 spiro atoms. The van der Waals surface area contributed by atoms with Crippen molar-refractivity contribution in [1.82, 2.24) is 10.5 Å². The minimum atomic E-state index is 0.0327. The summed E-state index contributed by atoms with van der Waals surface area (Å²) in [6.07, 6.45) is 0.416. The molecule has 2 aromatic rings. The average molecular weight is 247 g/mol. The highest BCUT2D eigenvalue weighted by Crippen LogP contribution is 2.21. The molecule has 0 saturated carbocycles.